The molecule has 0 unspecified atom stereocenters. The van der Waals surface area contributed by atoms with Crippen LogP contribution in [-0.2, 0) is 9.59 Å². The van der Waals surface area contributed by atoms with E-state index in [1.165, 1.54) is 6.08 Å². The molecule has 0 aliphatic heterocycles. The second kappa shape index (κ2) is 8.53. The third-order valence-corrected chi connectivity index (χ3v) is 9.09. The fraction of sp³-hybridized carbons (Fsp3) is 0.500. The Labute approximate surface area is 157 Å². The minimum atomic E-state index is -2.00. The van der Waals surface area contributed by atoms with Gasteiger partial charge >= 0.3 is 5.97 Å². The van der Waals surface area contributed by atoms with Gasteiger partial charge in [0.2, 0.25) is 0 Å². The van der Waals surface area contributed by atoms with Crippen molar-refractivity contribution >= 4 is 25.6 Å². The van der Waals surface area contributed by atoms with Crippen molar-refractivity contribution in [3.05, 3.63) is 29.8 Å². The van der Waals surface area contributed by atoms with Crippen molar-refractivity contribution in [3.8, 4) is 11.5 Å². The number of carbonyl (C=O) groups is 2. The zero-order chi connectivity index (χ0) is 20.1. The molecule has 0 spiro atoms. The maximum Gasteiger partial charge on any atom is 0.311 e. The summed E-state index contributed by atoms with van der Waals surface area (Å²) in [7, 11) is -0.419. The molecule has 0 aliphatic carbocycles. The van der Waals surface area contributed by atoms with E-state index in [0.29, 0.717) is 17.9 Å². The van der Waals surface area contributed by atoms with Crippen LogP contribution < -0.4 is 9.16 Å². The minimum absolute atomic E-state index is 0.0639. The zero-order valence-corrected chi connectivity index (χ0v) is 17.8. The monoisotopic (exact) mass is 378 g/mol. The number of allylic oxidation sites excluding steroid dienone is 2. The maximum atomic E-state index is 11.8. The lowest BCUT2D eigenvalue weighted by Crippen LogP contribution is -2.43. The summed E-state index contributed by atoms with van der Waals surface area (Å²) in [4.78, 5) is 22.5. The molecule has 0 amide bonds. The number of carboxylic acid groups (broad SMARTS) is 1. The zero-order valence-electron chi connectivity index (χ0n) is 16.8. The van der Waals surface area contributed by atoms with E-state index in [1.54, 1.807) is 7.11 Å². The first-order valence-corrected chi connectivity index (χ1v) is 11.6. The van der Waals surface area contributed by atoms with Crippen LogP contribution in [0.2, 0.25) is 18.1 Å². The van der Waals surface area contributed by atoms with E-state index in [2.05, 4.69) is 33.9 Å². The summed E-state index contributed by atoms with van der Waals surface area (Å²) < 4.78 is 11.8. The van der Waals surface area contributed by atoms with Crippen molar-refractivity contribution in [2.24, 2.45) is 0 Å². The van der Waals surface area contributed by atoms with E-state index in [9.17, 15) is 9.59 Å². The van der Waals surface area contributed by atoms with Crippen molar-refractivity contribution < 1.29 is 23.9 Å². The van der Waals surface area contributed by atoms with Crippen LogP contribution >= 0.6 is 0 Å². The van der Waals surface area contributed by atoms with Gasteiger partial charge in [0.15, 0.2) is 11.5 Å². The molecule has 5 nitrogen and oxygen atoms in total. The van der Waals surface area contributed by atoms with Crippen LogP contribution in [0.3, 0.4) is 0 Å². The average molecular weight is 379 g/mol. The predicted molar refractivity (Wildman–Crippen MR) is 106 cm³/mol. The van der Waals surface area contributed by atoms with Crippen molar-refractivity contribution in [2.45, 2.75) is 58.7 Å². The van der Waals surface area contributed by atoms with Gasteiger partial charge < -0.3 is 14.3 Å². The Bertz CT molecular complexity index is 699. The summed E-state index contributed by atoms with van der Waals surface area (Å²) in [6.07, 6.45) is 1.50. The molecule has 0 saturated carbocycles. The van der Waals surface area contributed by atoms with Crippen molar-refractivity contribution in [1.29, 1.82) is 0 Å². The molecule has 0 bridgehead atoms. The Morgan fingerprint density at radius 1 is 1.19 bits per heavy atom. The minimum Gasteiger partial charge on any atom is -0.541 e. The Hall–Kier alpha value is -2.08. The summed E-state index contributed by atoms with van der Waals surface area (Å²) >= 11 is 0. The van der Waals surface area contributed by atoms with Crippen LogP contribution in [0.25, 0.3) is 5.57 Å². The highest BCUT2D eigenvalue weighted by Crippen LogP contribution is 2.40. The molecule has 0 atom stereocenters. The van der Waals surface area contributed by atoms with E-state index in [-0.39, 0.29) is 5.04 Å². The second-order valence-corrected chi connectivity index (χ2v) is 12.5. The summed E-state index contributed by atoms with van der Waals surface area (Å²) in [5.41, 5.74) is 1.60. The van der Waals surface area contributed by atoms with Gasteiger partial charge in [-0.15, -0.1) is 0 Å². The number of hydrogen-bond donors (Lipinski definition) is 1. The summed E-state index contributed by atoms with van der Waals surface area (Å²) in [6, 6.07) is 5.58. The molecular formula is C20H30O5Si. The summed E-state index contributed by atoms with van der Waals surface area (Å²) in [5, 5.41) is 8.81. The highest BCUT2D eigenvalue weighted by atomic mass is 28.4. The number of ketones is 1. The molecule has 1 aromatic carbocycles. The molecular weight excluding hydrogens is 348 g/mol. The number of aliphatic carboxylic acids is 1. The highest BCUT2D eigenvalue weighted by molar-refractivity contribution is 6.74. The van der Waals surface area contributed by atoms with Crippen LogP contribution in [0.15, 0.2) is 24.3 Å². The SMILES string of the molecule is CC/C(=C\C(=O)CC(=O)O)c1ccc(O[Si](C)(C)C(C)(C)C)c(OC)c1. The Morgan fingerprint density at radius 2 is 1.81 bits per heavy atom. The van der Waals surface area contributed by atoms with Gasteiger partial charge in [0.25, 0.3) is 8.32 Å². The third kappa shape index (κ3) is 5.73. The van der Waals surface area contributed by atoms with E-state index < -0.39 is 26.5 Å². The second-order valence-electron chi connectivity index (χ2n) is 7.79. The molecule has 26 heavy (non-hydrogen) atoms. The van der Waals surface area contributed by atoms with Gasteiger partial charge in [-0.1, -0.05) is 33.8 Å². The van der Waals surface area contributed by atoms with Gasteiger partial charge in [-0.3, -0.25) is 9.59 Å². The molecule has 0 fully saturated rings. The first-order chi connectivity index (χ1) is 11.9. The Kier molecular flexibility index (Phi) is 7.21. The van der Waals surface area contributed by atoms with Crippen LogP contribution in [0.5, 0.6) is 11.5 Å². The number of benzene rings is 1. The number of methoxy groups -OCH3 is 1. The molecule has 0 aliphatic rings. The molecule has 0 heterocycles. The molecule has 0 aromatic heterocycles. The van der Waals surface area contributed by atoms with E-state index in [0.717, 1.165) is 11.1 Å². The van der Waals surface area contributed by atoms with Crippen LogP contribution in [-0.4, -0.2) is 32.3 Å². The molecule has 0 radical (unpaired) electrons. The van der Waals surface area contributed by atoms with Gasteiger partial charge in [-0.25, -0.2) is 0 Å². The van der Waals surface area contributed by atoms with Crippen molar-refractivity contribution in [2.75, 3.05) is 7.11 Å². The quantitative estimate of drug-likeness (QED) is 0.395. The molecule has 144 valence electrons. The standard InChI is InChI=1S/C20H30O5Si/c1-8-14(11-16(21)13-19(22)23)15-9-10-17(18(12-15)24-5)25-26(6,7)20(2,3)4/h9-12H,8,13H2,1-7H3,(H,22,23)/b14-11+. The average Bonchev–Trinajstić information content (AvgIpc) is 2.51. The van der Waals surface area contributed by atoms with Gasteiger partial charge in [0, 0.05) is 0 Å². The predicted octanol–water partition coefficient (Wildman–Crippen LogP) is 4.92. The first kappa shape index (κ1) is 22.0. The van der Waals surface area contributed by atoms with Gasteiger partial charge in [0.1, 0.15) is 12.2 Å². The molecule has 1 N–H and O–H groups in total. The highest BCUT2D eigenvalue weighted by Gasteiger charge is 2.39. The number of carbonyl (C=O) groups excluding carboxylic acids is 1. The third-order valence-electron chi connectivity index (χ3n) is 4.75. The first-order valence-electron chi connectivity index (χ1n) is 8.74. The van der Waals surface area contributed by atoms with E-state index in [4.69, 9.17) is 14.3 Å². The smallest absolute Gasteiger partial charge is 0.311 e. The van der Waals surface area contributed by atoms with Gasteiger partial charge in [-0.05, 0) is 53.9 Å². The van der Waals surface area contributed by atoms with Gasteiger partial charge in [-0.2, -0.15) is 0 Å². The lowest BCUT2D eigenvalue weighted by atomic mass is 10.0. The lowest BCUT2D eigenvalue weighted by molar-refractivity contribution is -0.139. The van der Waals surface area contributed by atoms with Gasteiger partial charge in [0.05, 0.1) is 7.11 Å². The largest absolute Gasteiger partial charge is 0.541 e. The summed E-state index contributed by atoms with van der Waals surface area (Å²) in [5.74, 6) is -0.250. The summed E-state index contributed by atoms with van der Waals surface area (Å²) in [6.45, 7) is 12.8. The number of hydrogen-bond acceptors (Lipinski definition) is 4. The lowest BCUT2D eigenvalue weighted by Gasteiger charge is -2.36. The fourth-order valence-corrected chi connectivity index (χ4v) is 3.19. The molecule has 1 rings (SSSR count). The topological polar surface area (TPSA) is 72.8 Å². The number of ether oxygens (including phenoxy) is 1. The molecule has 1 aromatic rings. The fourth-order valence-electron chi connectivity index (χ4n) is 2.16. The van der Waals surface area contributed by atoms with E-state index >= 15 is 0 Å². The van der Waals surface area contributed by atoms with E-state index in [1.807, 2.05) is 25.1 Å². The normalized spacial score (nSPS) is 12.7. The maximum absolute atomic E-state index is 11.8. The van der Waals surface area contributed by atoms with Crippen molar-refractivity contribution in [3.63, 3.8) is 0 Å². The number of carboxylic acids is 1. The number of rotatable bonds is 8. The van der Waals surface area contributed by atoms with Crippen LogP contribution in [0.1, 0.15) is 46.1 Å². The Balaban J connectivity index is 3.20. The van der Waals surface area contributed by atoms with Crippen LogP contribution in [0, 0.1) is 0 Å². The Morgan fingerprint density at radius 3 is 2.27 bits per heavy atom. The van der Waals surface area contributed by atoms with Crippen molar-refractivity contribution in [1.82, 2.24) is 0 Å². The molecule has 0 saturated heterocycles. The van der Waals surface area contributed by atoms with Crippen LogP contribution in [0.4, 0.5) is 0 Å². The molecule has 6 heteroatoms.